The molecule has 5 heteroatoms. The molecule has 0 radical (unpaired) electrons. The lowest BCUT2D eigenvalue weighted by Crippen LogP contribution is -2.49. The molecule has 5 nitrogen and oxygen atoms in total. The van der Waals surface area contributed by atoms with Gasteiger partial charge in [-0.3, -0.25) is 0 Å². The fourth-order valence-electron chi connectivity index (χ4n) is 6.23. The molecule has 2 aliphatic carbocycles. The highest BCUT2D eigenvalue weighted by atomic mass is 16.3. The minimum Gasteiger partial charge on any atom is -0.390 e. The van der Waals surface area contributed by atoms with Crippen LogP contribution in [-0.2, 0) is 10.8 Å². The highest BCUT2D eigenvalue weighted by molar-refractivity contribution is 5.65. The van der Waals surface area contributed by atoms with Crippen LogP contribution in [0.1, 0.15) is 77.3 Å². The van der Waals surface area contributed by atoms with E-state index in [2.05, 4.69) is 74.3 Å². The number of piperidine rings is 1. The van der Waals surface area contributed by atoms with Crippen molar-refractivity contribution in [3.8, 4) is 11.3 Å². The van der Waals surface area contributed by atoms with Gasteiger partial charge in [-0.25, -0.2) is 4.98 Å². The molecule has 2 aromatic rings. The first-order chi connectivity index (χ1) is 16.1. The van der Waals surface area contributed by atoms with E-state index in [1.807, 2.05) is 0 Å². The normalized spacial score (nSPS) is 28.6. The Balaban J connectivity index is 1.30. The standard InChI is InChI=1S/C29H41N3O2/c1-28(2)14-15-29(3,4)22-18-19(8-9-21(22)28)23-6-5-7-26(31-23)32-16-12-20(13-17-32)30-24-10-11-25(33)27(24)34/h5-9,18,20,24-25,27,30,33-34H,10-17H2,1-4H3/t24-,25-,27+/m0/s1. The molecule has 1 aromatic heterocycles. The van der Waals surface area contributed by atoms with Crippen LogP contribution in [0.25, 0.3) is 11.3 Å². The smallest absolute Gasteiger partial charge is 0.129 e. The second-order valence-electron chi connectivity index (χ2n) is 12.1. The van der Waals surface area contributed by atoms with E-state index in [1.165, 1.54) is 29.5 Å². The van der Waals surface area contributed by atoms with Crippen LogP contribution >= 0.6 is 0 Å². The third kappa shape index (κ3) is 4.50. The minimum atomic E-state index is -0.636. The van der Waals surface area contributed by atoms with Crippen molar-refractivity contribution in [1.82, 2.24) is 10.3 Å². The molecule has 0 spiro atoms. The Bertz CT molecular complexity index is 1030. The summed E-state index contributed by atoms with van der Waals surface area (Å²) in [6.45, 7) is 11.4. The zero-order valence-electron chi connectivity index (χ0n) is 21.2. The van der Waals surface area contributed by atoms with Gasteiger partial charge in [0, 0.05) is 30.7 Å². The molecule has 0 unspecified atom stereocenters. The molecule has 3 aliphatic rings. The molecule has 1 aromatic carbocycles. The monoisotopic (exact) mass is 463 g/mol. The lowest BCUT2D eigenvalue weighted by Gasteiger charge is -2.42. The molecule has 1 saturated carbocycles. The number of nitrogens with zero attached hydrogens (tertiary/aromatic N) is 2. The summed E-state index contributed by atoms with van der Waals surface area (Å²) in [5.74, 6) is 1.05. The molecule has 184 valence electrons. The van der Waals surface area contributed by atoms with Crippen molar-refractivity contribution in [2.24, 2.45) is 0 Å². The number of aromatic nitrogens is 1. The van der Waals surface area contributed by atoms with Crippen molar-refractivity contribution < 1.29 is 10.2 Å². The van der Waals surface area contributed by atoms with Crippen molar-refractivity contribution in [2.45, 2.75) is 101 Å². The molecule has 1 aliphatic heterocycles. The zero-order valence-corrected chi connectivity index (χ0v) is 21.2. The molecule has 0 bridgehead atoms. The Labute approximate surface area is 204 Å². The van der Waals surface area contributed by atoms with Gasteiger partial charge >= 0.3 is 0 Å². The molecule has 2 fully saturated rings. The van der Waals surface area contributed by atoms with Crippen molar-refractivity contribution in [3.05, 3.63) is 47.5 Å². The maximum Gasteiger partial charge on any atom is 0.129 e. The third-order valence-electron chi connectivity index (χ3n) is 8.73. The maximum atomic E-state index is 10.2. The first-order valence-electron chi connectivity index (χ1n) is 13.1. The van der Waals surface area contributed by atoms with Crippen LogP contribution in [0.5, 0.6) is 0 Å². The van der Waals surface area contributed by atoms with Crippen LogP contribution in [0.15, 0.2) is 36.4 Å². The number of pyridine rings is 1. The lowest BCUT2D eigenvalue weighted by atomic mass is 9.63. The number of aliphatic hydroxyl groups excluding tert-OH is 2. The molecule has 1 saturated heterocycles. The highest BCUT2D eigenvalue weighted by Gasteiger charge is 2.37. The number of aliphatic hydroxyl groups is 2. The average Bonchev–Trinajstić information content (AvgIpc) is 3.14. The van der Waals surface area contributed by atoms with Crippen molar-refractivity contribution >= 4 is 5.82 Å². The van der Waals surface area contributed by atoms with E-state index in [0.717, 1.165) is 43.9 Å². The second-order valence-corrected chi connectivity index (χ2v) is 12.1. The van der Waals surface area contributed by atoms with Crippen LogP contribution < -0.4 is 10.2 Å². The Kier molecular flexibility index (Phi) is 6.24. The SMILES string of the molecule is CC1(C)CCC(C)(C)c2cc(-c3cccc(N4CCC(N[C@H]5CC[C@H](O)[C@@H]5O)CC4)n3)ccc21. The molecule has 2 heterocycles. The molecular weight excluding hydrogens is 422 g/mol. The van der Waals surface area contributed by atoms with E-state index in [4.69, 9.17) is 4.98 Å². The Hall–Kier alpha value is -1.95. The van der Waals surface area contributed by atoms with E-state index in [0.29, 0.717) is 12.5 Å². The Morgan fingerprint density at radius 2 is 1.59 bits per heavy atom. The molecule has 0 amide bonds. The average molecular weight is 464 g/mol. The molecule has 5 rings (SSSR count). The van der Waals surface area contributed by atoms with Crippen LogP contribution in [0.4, 0.5) is 5.82 Å². The van der Waals surface area contributed by atoms with E-state index < -0.39 is 12.2 Å². The number of anilines is 1. The molecule has 3 atom stereocenters. The number of hydrogen-bond acceptors (Lipinski definition) is 5. The summed E-state index contributed by atoms with van der Waals surface area (Å²) in [5, 5.41) is 23.6. The van der Waals surface area contributed by atoms with E-state index in [-0.39, 0.29) is 16.9 Å². The van der Waals surface area contributed by atoms with Gasteiger partial charge < -0.3 is 20.4 Å². The van der Waals surface area contributed by atoms with Gasteiger partial charge in [0.05, 0.1) is 17.9 Å². The first-order valence-corrected chi connectivity index (χ1v) is 13.1. The highest BCUT2D eigenvalue weighted by Crippen LogP contribution is 2.46. The number of rotatable bonds is 4. The number of benzene rings is 1. The fraction of sp³-hybridized carbons (Fsp3) is 0.621. The van der Waals surface area contributed by atoms with Gasteiger partial charge in [-0.2, -0.15) is 0 Å². The summed E-state index contributed by atoms with van der Waals surface area (Å²) >= 11 is 0. The topological polar surface area (TPSA) is 68.6 Å². The predicted octanol–water partition coefficient (Wildman–Crippen LogP) is 4.54. The lowest BCUT2D eigenvalue weighted by molar-refractivity contribution is 0.0276. The van der Waals surface area contributed by atoms with Gasteiger partial charge in [0.2, 0.25) is 0 Å². The molecule has 3 N–H and O–H groups in total. The van der Waals surface area contributed by atoms with Crippen LogP contribution in [0, 0.1) is 0 Å². The van der Waals surface area contributed by atoms with Crippen LogP contribution in [-0.4, -0.2) is 52.6 Å². The quantitative estimate of drug-likeness (QED) is 0.621. The van der Waals surface area contributed by atoms with E-state index in [9.17, 15) is 10.2 Å². The van der Waals surface area contributed by atoms with Crippen molar-refractivity contribution in [2.75, 3.05) is 18.0 Å². The molecular formula is C29H41N3O2. The number of nitrogens with one attached hydrogen (secondary N) is 1. The van der Waals surface area contributed by atoms with Gasteiger partial charge in [-0.15, -0.1) is 0 Å². The predicted molar refractivity (Wildman–Crippen MR) is 138 cm³/mol. The van der Waals surface area contributed by atoms with Crippen molar-refractivity contribution in [1.29, 1.82) is 0 Å². The van der Waals surface area contributed by atoms with Gasteiger partial charge in [0.25, 0.3) is 0 Å². The van der Waals surface area contributed by atoms with Gasteiger partial charge in [-0.1, -0.05) is 45.9 Å². The largest absolute Gasteiger partial charge is 0.390 e. The minimum absolute atomic E-state index is 0.0197. The van der Waals surface area contributed by atoms with E-state index >= 15 is 0 Å². The summed E-state index contributed by atoms with van der Waals surface area (Å²) < 4.78 is 0. The zero-order chi connectivity index (χ0) is 24.1. The third-order valence-corrected chi connectivity index (χ3v) is 8.73. The number of hydrogen-bond donors (Lipinski definition) is 3. The second kappa shape index (κ2) is 8.92. The van der Waals surface area contributed by atoms with Gasteiger partial charge in [0.15, 0.2) is 0 Å². The van der Waals surface area contributed by atoms with E-state index in [1.54, 1.807) is 0 Å². The number of fused-ring (bicyclic) bond motifs is 1. The summed E-state index contributed by atoms with van der Waals surface area (Å²) in [7, 11) is 0. The summed E-state index contributed by atoms with van der Waals surface area (Å²) in [5.41, 5.74) is 5.62. The van der Waals surface area contributed by atoms with Gasteiger partial charge in [-0.05, 0) is 78.7 Å². The summed E-state index contributed by atoms with van der Waals surface area (Å²) in [6.07, 6.45) is 4.80. The fourth-order valence-corrected chi connectivity index (χ4v) is 6.23. The van der Waals surface area contributed by atoms with Crippen LogP contribution in [0.3, 0.4) is 0 Å². The molecule has 34 heavy (non-hydrogen) atoms. The Morgan fingerprint density at radius 1 is 0.882 bits per heavy atom. The Morgan fingerprint density at radius 3 is 2.26 bits per heavy atom. The summed E-state index contributed by atoms with van der Waals surface area (Å²) in [6, 6.07) is 13.8. The first kappa shape index (κ1) is 23.8. The van der Waals surface area contributed by atoms with Crippen molar-refractivity contribution in [3.63, 3.8) is 0 Å². The maximum absolute atomic E-state index is 10.2. The van der Waals surface area contributed by atoms with Gasteiger partial charge in [0.1, 0.15) is 5.82 Å². The summed E-state index contributed by atoms with van der Waals surface area (Å²) in [4.78, 5) is 7.46. The van der Waals surface area contributed by atoms with Crippen LogP contribution in [0.2, 0.25) is 0 Å².